The van der Waals surface area contributed by atoms with Crippen molar-refractivity contribution < 1.29 is 14.7 Å². The van der Waals surface area contributed by atoms with E-state index in [9.17, 15) is 9.59 Å². The van der Waals surface area contributed by atoms with Crippen molar-refractivity contribution in [3.8, 4) is 5.69 Å². The van der Waals surface area contributed by atoms with E-state index in [-0.39, 0.29) is 24.2 Å². The Hall–Kier alpha value is -2.63. The minimum atomic E-state index is -0.765. The number of rotatable bonds is 4. The fourth-order valence-corrected chi connectivity index (χ4v) is 3.20. The molecule has 1 N–H and O–H groups in total. The van der Waals surface area contributed by atoms with Gasteiger partial charge in [-0.25, -0.2) is 4.68 Å². The Morgan fingerprint density at radius 2 is 2.04 bits per heavy atom. The zero-order valence-corrected chi connectivity index (χ0v) is 13.6. The highest BCUT2D eigenvalue weighted by Gasteiger charge is 2.32. The maximum atomic E-state index is 12.5. The van der Waals surface area contributed by atoms with Crippen LogP contribution in [0, 0.1) is 11.8 Å². The number of nitrogens with zero attached hydrogens (tertiary/aromatic N) is 3. The summed E-state index contributed by atoms with van der Waals surface area (Å²) in [6.07, 6.45) is 4.38. The molecule has 1 aliphatic heterocycles. The van der Waals surface area contributed by atoms with Gasteiger partial charge in [0.15, 0.2) is 0 Å². The van der Waals surface area contributed by atoms with E-state index in [0.717, 1.165) is 11.3 Å². The normalized spacial score (nSPS) is 20.8. The monoisotopic (exact) mass is 327 g/mol. The number of piperidine rings is 1. The van der Waals surface area contributed by atoms with Crippen LogP contribution in [0.1, 0.15) is 18.9 Å². The van der Waals surface area contributed by atoms with Gasteiger partial charge in [-0.2, -0.15) is 5.10 Å². The number of carboxylic acids is 1. The van der Waals surface area contributed by atoms with Crippen LogP contribution < -0.4 is 0 Å². The molecule has 1 saturated heterocycles. The summed E-state index contributed by atoms with van der Waals surface area (Å²) in [5.74, 6) is -1.11. The summed E-state index contributed by atoms with van der Waals surface area (Å²) in [5, 5.41) is 13.5. The van der Waals surface area contributed by atoms with Crippen molar-refractivity contribution in [2.45, 2.75) is 19.8 Å². The summed E-state index contributed by atoms with van der Waals surface area (Å²) in [6, 6.07) is 9.74. The Labute approximate surface area is 140 Å². The number of amides is 1. The number of hydrogen-bond donors (Lipinski definition) is 1. The molecule has 0 aliphatic carbocycles. The third-order valence-electron chi connectivity index (χ3n) is 4.59. The van der Waals surface area contributed by atoms with Gasteiger partial charge >= 0.3 is 5.97 Å². The number of aliphatic carboxylic acids is 1. The van der Waals surface area contributed by atoms with Crippen molar-refractivity contribution in [2.24, 2.45) is 11.8 Å². The molecular weight excluding hydrogens is 306 g/mol. The third-order valence-corrected chi connectivity index (χ3v) is 4.59. The largest absolute Gasteiger partial charge is 0.481 e. The molecule has 6 nitrogen and oxygen atoms in total. The number of aromatic nitrogens is 2. The molecule has 1 fully saturated rings. The van der Waals surface area contributed by atoms with Crippen molar-refractivity contribution >= 4 is 11.9 Å². The third kappa shape index (κ3) is 3.48. The molecule has 1 aromatic heterocycles. The van der Waals surface area contributed by atoms with Gasteiger partial charge in [-0.3, -0.25) is 9.59 Å². The first-order valence-corrected chi connectivity index (χ1v) is 8.14. The van der Waals surface area contributed by atoms with Crippen molar-refractivity contribution in [3.05, 3.63) is 48.3 Å². The number of hydrogen-bond acceptors (Lipinski definition) is 3. The number of carbonyl (C=O) groups is 2. The first-order chi connectivity index (χ1) is 11.5. The number of likely N-dealkylation sites (tertiary alicyclic amines) is 1. The second kappa shape index (κ2) is 6.86. The molecule has 0 saturated carbocycles. The standard InChI is InChI=1S/C18H21N3O3/c1-13-11-20(8-7-16(13)18(23)24)17(22)9-14-10-19-21(12-14)15-5-3-2-4-6-15/h2-6,10,12-13,16H,7-9,11H2,1H3,(H,23,24). The lowest BCUT2D eigenvalue weighted by molar-refractivity contribution is -0.148. The Balaban J connectivity index is 1.62. The minimum absolute atomic E-state index is 0.0211. The number of para-hydroxylation sites is 1. The number of carbonyl (C=O) groups excluding carboxylic acids is 1. The fraction of sp³-hybridized carbons (Fsp3) is 0.389. The van der Waals surface area contributed by atoms with Gasteiger partial charge in [0.05, 0.1) is 24.2 Å². The highest BCUT2D eigenvalue weighted by atomic mass is 16.4. The van der Waals surface area contributed by atoms with E-state index >= 15 is 0 Å². The maximum absolute atomic E-state index is 12.5. The predicted octanol–water partition coefficient (Wildman–Crippen LogP) is 1.98. The Kier molecular flexibility index (Phi) is 4.64. The molecule has 2 heterocycles. The molecule has 3 rings (SSSR count). The van der Waals surface area contributed by atoms with Gasteiger partial charge in [0.2, 0.25) is 5.91 Å². The highest BCUT2D eigenvalue weighted by molar-refractivity contribution is 5.79. The first kappa shape index (κ1) is 16.2. The summed E-state index contributed by atoms with van der Waals surface area (Å²) in [5.41, 5.74) is 1.81. The lowest BCUT2D eigenvalue weighted by atomic mass is 9.87. The van der Waals surface area contributed by atoms with Crippen LogP contribution in [-0.2, 0) is 16.0 Å². The summed E-state index contributed by atoms with van der Waals surface area (Å²) in [6.45, 7) is 2.90. The van der Waals surface area contributed by atoms with E-state index in [1.165, 1.54) is 0 Å². The average molecular weight is 327 g/mol. The fourth-order valence-electron chi connectivity index (χ4n) is 3.20. The summed E-state index contributed by atoms with van der Waals surface area (Å²) < 4.78 is 1.75. The predicted molar refractivity (Wildman–Crippen MR) is 88.8 cm³/mol. The Morgan fingerprint density at radius 3 is 2.71 bits per heavy atom. The molecule has 24 heavy (non-hydrogen) atoms. The van der Waals surface area contributed by atoms with Gasteiger partial charge in [0.1, 0.15) is 0 Å². The average Bonchev–Trinajstić information content (AvgIpc) is 3.03. The molecular formula is C18H21N3O3. The van der Waals surface area contributed by atoms with Gasteiger partial charge in [-0.15, -0.1) is 0 Å². The molecule has 6 heteroatoms. The van der Waals surface area contributed by atoms with Crippen molar-refractivity contribution in [2.75, 3.05) is 13.1 Å². The summed E-state index contributed by atoms with van der Waals surface area (Å²) in [7, 11) is 0. The van der Waals surface area contributed by atoms with E-state index < -0.39 is 5.97 Å². The van der Waals surface area contributed by atoms with Crippen LogP contribution in [0.2, 0.25) is 0 Å². The second-order valence-corrected chi connectivity index (χ2v) is 6.36. The van der Waals surface area contributed by atoms with E-state index in [2.05, 4.69) is 5.10 Å². The quantitative estimate of drug-likeness (QED) is 0.932. The smallest absolute Gasteiger partial charge is 0.306 e. The van der Waals surface area contributed by atoms with Crippen molar-refractivity contribution in [1.82, 2.24) is 14.7 Å². The molecule has 2 atom stereocenters. The summed E-state index contributed by atoms with van der Waals surface area (Å²) in [4.78, 5) is 25.4. The first-order valence-electron chi connectivity index (χ1n) is 8.14. The van der Waals surface area contributed by atoms with Crippen LogP contribution in [0.15, 0.2) is 42.7 Å². The molecule has 2 unspecified atom stereocenters. The lowest BCUT2D eigenvalue weighted by Gasteiger charge is -2.35. The zero-order valence-electron chi connectivity index (χ0n) is 13.6. The molecule has 0 bridgehead atoms. The molecule has 2 aromatic rings. The van der Waals surface area contributed by atoms with Crippen molar-refractivity contribution in [3.63, 3.8) is 0 Å². The van der Waals surface area contributed by atoms with E-state index in [1.807, 2.05) is 43.5 Å². The van der Waals surface area contributed by atoms with Crippen molar-refractivity contribution in [1.29, 1.82) is 0 Å². The van der Waals surface area contributed by atoms with E-state index in [0.29, 0.717) is 19.5 Å². The molecule has 1 aromatic carbocycles. The molecule has 0 radical (unpaired) electrons. The van der Waals surface area contributed by atoms with Gasteiger partial charge in [-0.1, -0.05) is 25.1 Å². The maximum Gasteiger partial charge on any atom is 0.306 e. The van der Waals surface area contributed by atoms with Crippen LogP contribution in [0.25, 0.3) is 5.69 Å². The van der Waals surface area contributed by atoms with Crippen LogP contribution >= 0.6 is 0 Å². The molecule has 126 valence electrons. The van der Waals surface area contributed by atoms with Gasteiger partial charge < -0.3 is 10.0 Å². The molecule has 1 amide bonds. The van der Waals surface area contributed by atoms with Crippen LogP contribution in [0.5, 0.6) is 0 Å². The molecule has 0 spiro atoms. The van der Waals surface area contributed by atoms with Gasteiger partial charge in [-0.05, 0) is 30.0 Å². The van der Waals surface area contributed by atoms with Crippen LogP contribution in [-0.4, -0.2) is 44.8 Å². The van der Waals surface area contributed by atoms with Gasteiger partial charge in [0, 0.05) is 19.3 Å². The van der Waals surface area contributed by atoms with E-state index in [1.54, 1.807) is 15.8 Å². The lowest BCUT2D eigenvalue weighted by Crippen LogP contribution is -2.45. The van der Waals surface area contributed by atoms with E-state index in [4.69, 9.17) is 5.11 Å². The van der Waals surface area contributed by atoms with Gasteiger partial charge in [0.25, 0.3) is 0 Å². The zero-order chi connectivity index (χ0) is 17.1. The topological polar surface area (TPSA) is 75.4 Å². The van der Waals surface area contributed by atoms with Crippen LogP contribution in [0.3, 0.4) is 0 Å². The van der Waals surface area contributed by atoms with Crippen LogP contribution in [0.4, 0.5) is 0 Å². The molecule has 1 aliphatic rings. The minimum Gasteiger partial charge on any atom is -0.481 e. The highest BCUT2D eigenvalue weighted by Crippen LogP contribution is 2.24. The SMILES string of the molecule is CC1CN(C(=O)Cc2cnn(-c3ccccc3)c2)CCC1C(=O)O. The number of benzene rings is 1. The second-order valence-electron chi connectivity index (χ2n) is 6.36. The Bertz CT molecular complexity index is 726. The summed E-state index contributed by atoms with van der Waals surface area (Å²) >= 11 is 0. The number of carboxylic acid groups (broad SMARTS) is 1. The Morgan fingerprint density at radius 1 is 1.29 bits per heavy atom.